The SMILES string of the molecule is [B]c1ccc(-c2ncc(C(F)(F)F)[nH]2)cn1. The second-order valence-electron chi connectivity index (χ2n) is 3.11. The first-order valence-electron chi connectivity index (χ1n) is 4.31. The largest absolute Gasteiger partial charge is 0.432 e. The van der Waals surface area contributed by atoms with Gasteiger partial charge in [0.15, 0.2) is 0 Å². The molecule has 2 heterocycles. The topological polar surface area (TPSA) is 41.6 Å². The maximum absolute atomic E-state index is 12.3. The van der Waals surface area contributed by atoms with Crippen molar-refractivity contribution in [3.63, 3.8) is 0 Å². The van der Waals surface area contributed by atoms with Gasteiger partial charge >= 0.3 is 6.18 Å². The molecule has 16 heavy (non-hydrogen) atoms. The molecule has 7 heteroatoms. The number of rotatable bonds is 1. The van der Waals surface area contributed by atoms with Crippen molar-refractivity contribution >= 4 is 13.4 Å². The van der Waals surface area contributed by atoms with Crippen molar-refractivity contribution in [3.8, 4) is 11.4 Å². The molecule has 1 N–H and O–H groups in total. The minimum absolute atomic E-state index is 0.111. The molecule has 2 aromatic heterocycles. The fourth-order valence-electron chi connectivity index (χ4n) is 1.16. The number of aromatic amines is 1. The van der Waals surface area contributed by atoms with Gasteiger partial charge in [-0.05, 0) is 11.7 Å². The first-order valence-corrected chi connectivity index (χ1v) is 4.31. The summed E-state index contributed by atoms with van der Waals surface area (Å²) in [4.78, 5) is 9.56. The van der Waals surface area contributed by atoms with Gasteiger partial charge in [-0.2, -0.15) is 13.2 Å². The van der Waals surface area contributed by atoms with Crippen LogP contribution in [0.1, 0.15) is 5.69 Å². The molecule has 0 aliphatic carbocycles. The first-order chi connectivity index (χ1) is 7.47. The minimum atomic E-state index is -4.42. The standard InChI is InChI=1S/C9H5BF3N3/c10-7-2-1-5(3-14-7)8-15-4-6(16-8)9(11,12)13/h1-4H,(H,15,16). The summed E-state index contributed by atoms with van der Waals surface area (Å²) in [7, 11) is 5.36. The van der Waals surface area contributed by atoms with E-state index in [2.05, 4.69) is 15.0 Å². The average molecular weight is 223 g/mol. The van der Waals surface area contributed by atoms with Crippen LogP contribution in [0.4, 0.5) is 13.2 Å². The number of H-pyrrole nitrogens is 1. The predicted octanol–water partition coefficient (Wildman–Crippen LogP) is 1.28. The van der Waals surface area contributed by atoms with Crippen LogP contribution in [0.3, 0.4) is 0 Å². The molecule has 0 aromatic carbocycles. The lowest BCUT2D eigenvalue weighted by molar-refractivity contribution is -0.140. The van der Waals surface area contributed by atoms with Gasteiger partial charge in [0.2, 0.25) is 0 Å². The van der Waals surface area contributed by atoms with Gasteiger partial charge < -0.3 is 4.98 Å². The second-order valence-corrected chi connectivity index (χ2v) is 3.11. The number of hydrogen-bond donors (Lipinski definition) is 1. The molecule has 0 atom stereocenters. The van der Waals surface area contributed by atoms with Crippen molar-refractivity contribution in [2.24, 2.45) is 0 Å². The van der Waals surface area contributed by atoms with E-state index in [-0.39, 0.29) is 5.82 Å². The Morgan fingerprint density at radius 3 is 2.38 bits per heavy atom. The molecule has 0 saturated carbocycles. The molecule has 0 spiro atoms. The molecule has 0 unspecified atom stereocenters. The van der Waals surface area contributed by atoms with Crippen LogP contribution in [0.5, 0.6) is 0 Å². The molecular weight excluding hydrogens is 218 g/mol. The minimum Gasteiger partial charge on any atom is -0.334 e. The van der Waals surface area contributed by atoms with Crippen LogP contribution in [0.2, 0.25) is 0 Å². The van der Waals surface area contributed by atoms with Gasteiger partial charge in [0.1, 0.15) is 19.4 Å². The van der Waals surface area contributed by atoms with Crippen molar-refractivity contribution in [3.05, 3.63) is 30.2 Å². The van der Waals surface area contributed by atoms with E-state index in [9.17, 15) is 13.2 Å². The number of nitrogens with zero attached hydrogens (tertiary/aromatic N) is 2. The van der Waals surface area contributed by atoms with E-state index >= 15 is 0 Å². The Morgan fingerprint density at radius 2 is 1.88 bits per heavy atom. The molecule has 0 saturated heterocycles. The average Bonchev–Trinajstić information content (AvgIpc) is 2.67. The molecule has 2 radical (unpaired) electrons. The summed E-state index contributed by atoms with van der Waals surface area (Å²) < 4.78 is 36.8. The molecule has 0 aliphatic rings. The van der Waals surface area contributed by atoms with E-state index in [1.54, 1.807) is 6.07 Å². The van der Waals surface area contributed by atoms with Crippen molar-refractivity contribution in [1.29, 1.82) is 0 Å². The molecular formula is C9H5BF3N3. The number of halogens is 3. The van der Waals surface area contributed by atoms with Crippen LogP contribution in [0.15, 0.2) is 24.5 Å². The van der Waals surface area contributed by atoms with Crippen molar-refractivity contribution < 1.29 is 13.2 Å². The van der Waals surface area contributed by atoms with Crippen LogP contribution in [0.25, 0.3) is 11.4 Å². The van der Waals surface area contributed by atoms with Gasteiger partial charge in [0.25, 0.3) is 0 Å². The summed E-state index contributed by atoms with van der Waals surface area (Å²) in [6.45, 7) is 0. The van der Waals surface area contributed by atoms with Crippen LogP contribution in [-0.4, -0.2) is 22.8 Å². The number of imidazole rings is 1. The Labute approximate surface area is 90.2 Å². The Hall–Kier alpha value is -1.79. The fourth-order valence-corrected chi connectivity index (χ4v) is 1.16. The summed E-state index contributed by atoms with van der Waals surface area (Å²) in [6.07, 6.45) is -2.33. The number of pyridine rings is 1. The Kier molecular flexibility index (Phi) is 2.45. The predicted molar refractivity (Wildman–Crippen MR) is 52.2 cm³/mol. The second kappa shape index (κ2) is 3.66. The number of aromatic nitrogens is 3. The third-order valence-electron chi connectivity index (χ3n) is 1.94. The summed E-state index contributed by atoms with van der Waals surface area (Å²) in [6, 6.07) is 3.03. The molecule has 0 bridgehead atoms. The van der Waals surface area contributed by atoms with Crippen molar-refractivity contribution in [1.82, 2.24) is 15.0 Å². The van der Waals surface area contributed by atoms with Crippen LogP contribution in [0, 0.1) is 0 Å². The Bertz CT molecular complexity index is 489. The molecule has 3 nitrogen and oxygen atoms in total. The highest BCUT2D eigenvalue weighted by Gasteiger charge is 2.33. The highest BCUT2D eigenvalue weighted by molar-refractivity contribution is 6.30. The highest BCUT2D eigenvalue weighted by atomic mass is 19.4. The highest BCUT2D eigenvalue weighted by Crippen LogP contribution is 2.28. The summed E-state index contributed by atoms with van der Waals surface area (Å²) in [5, 5.41) is 0. The van der Waals surface area contributed by atoms with Gasteiger partial charge in [-0.3, -0.25) is 4.98 Å². The maximum atomic E-state index is 12.3. The smallest absolute Gasteiger partial charge is 0.334 e. The Balaban J connectivity index is 2.35. The lowest BCUT2D eigenvalue weighted by Crippen LogP contribution is -2.06. The molecule has 0 fully saturated rings. The number of hydrogen-bond acceptors (Lipinski definition) is 2. The maximum Gasteiger partial charge on any atom is 0.432 e. The zero-order chi connectivity index (χ0) is 11.8. The normalized spacial score (nSPS) is 11.7. The summed E-state index contributed by atoms with van der Waals surface area (Å²) in [5.74, 6) is 0.111. The van der Waals surface area contributed by atoms with Gasteiger partial charge in [-0.15, -0.1) is 0 Å². The monoisotopic (exact) mass is 223 g/mol. The van der Waals surface area contributed by atoms with Crippen LogP contribution >= 0.6 is 0 Å². The van der Waals surface area contributed by atoms with E-state index in [1.165, 1.54) is 12.3 Å². The number of nitrogens with one attached hydrogen (secondary N) is 1. The Morgan fingerprint density at radius 1 is 1.12 bits per heavy atom. The van der Waals surface area contributed by atoms with E-state index in [0.717, 1.165) is 6.20 Å². The van der Waals surface area contributed by atoms with E-state index < -0.39 is 11.9 Å². The first kappa shape index (κ1) is 10.7. The quantitative estimate of drug-likeness (QED) is 0.740. The van der Waals surface area contributed by atoms with E-state index in [4.69, 9.17) is 7.85 Å². The van der Waals surface area contributed by atoms with E-state index in [1.807, 2.05) is 0 Å². The zero-order valence-corrected chi connectivity index (χ0v) is 7.92. The van der Waals surface area contributed by atoms with Gasteiger partial charge in [-0.25, -0.2) is 4.98 Å². The van der Waals surface area contributed by atoms with Gasteiger partial charge in [0.05, 0.1) is 6.20 Å². The molecule has 0 aliphatic heterocycles. The molecule has 2 rings (SSSR count). The van der Waals surface area contributed by atoms with E-state index in [0.29, 0.717) is 11.2 Å². The molecule has 80 valence electrons. The fraction of sp³-hybridized carbons (Fsp3) is 0.111. The lowest BCUT2D eigenvalue weighted by Gasteiger charge is -2.01. The summed E-state index contributed by atoms with van der Waals surface area (Å²) in [5.41, 5.74) is -0.143. The lowest BCUT2D eigenvalue weighted by atomic mass is 10.0. The third kappa shape index (κ3) is 2.07. The number of alkyl halides is 3. The van der Waals surface area contributed by atoms with Crippen molar-refractivity contribution in [2.75, 3.05) is 0 Å². The van der Waals surface area contributed by atoms with Gasteiger partial charge in [-0.1, -0.05) is 6.07 Å². The van der Waals surface area contributed by atoms with Crippen LogP contribution in [-0.2, 0) is 6.18 Å². The van der Waals surface area contributed by atoms with Crippen molar-refractivity contribution in [2.45, 2.75) is 6.18 Å². The zero-order valence-electron chi connectivity index (χ0n) is 7.92. The molecule has 0 amide bonds. The summed E-state index contributed by atoms with van der Waals surface area (Å²) >= 11 is 0. The van der Waals surface area contributed by atoms with Crippen LogP contribution < -0.4 is 5.59 Å². The third-order valence-corrected chi connectivity index (χ3v) is 1.94. The van der Waals surface area contributed by atoms with Gasteiger partial charge in [0, 0.05) is 11.8 Å². The molecule has 2 aromatic rings.